The molecule has 11 heteroatoms. The maximum absolute atomic E-state index is 12.5. The number of amides is 2. The molecule has 0 aliphatic heterocycles. The minimum Gasteiger partial charge on any atom is -0.293 e. The number of benzene rings is 1. The van der Waals surface area contributed by atoms with Gasteiger partial charge in [0.25, 0.3) is 15.9 Å². The molecule has 3 aromatic rings. The highest BCUT2D eigenvalue weighted by Crippen LogP contribution is 2.23. The predicted molar refractivity (Wildman–Crippen MR) is 120 cm³/mol. The Kier molecular flexibility index (Phi) is 7.21. The molecule has 0 unspecified atom stereocenters. The number of para-hydroxylation sites is 1. The van der Waals surface area contributed by atoms with Gasteiger partial charge in [0.1, 0.15) is 4.21 Å². The summed E-state index contributed by atoms with van der Waals surface area (Å²) in [5.41, 5.74) is 4.61. The van der Waals surface area contributed by atoms with Gasteiger partial charge in [-0.2, -0.15) is 0 Å². The van der Waals surface area contributed by atoms with Crippen LogP contribution in [0.3, 0.4) is 0 Å². The van der Waals surface area contributed by atoms with Crippen molar-refractivity contribution in [1.29, 1.82) is 0 Å². The van der Waals surface area contributed by atoms with Gasteiger partial charge in [-0.25, -0.2) is 8.42 Å². The molecule has 0 radical (unpaired) electrons. The Labute approximate surface area is 187 Å². The molecule has 0 aliphatic carbocycles. The summed E-state index contributed by atoms with van der Waals surface area (Å²) < 4.78 is 27.4. The predicted octanol–water partition coefficient (Wildman–Crippen LogP) is 3.34. The van der Waals surface area contributed by atoms with Crippen LogP contribution in [-0.2, 0) is 14.8 Å². The molecule has 1 aromatic carbocycles. The van der Waals surface area contributed by atoms with E-state index in [4.69, 9.17) is 0 Å². The van der Waals surface area contributed by atoms with Gasteiger partial charge in [0.15, 0.2) is 5.78 Å². The van der Waals surface area contributed by atoms with Gasteiger partial charge in [-0.1, -0.05) is 18.2 Å². The van der Waals surface area contributed by atoms with Crippen molar-refractivity contribution in [3.05, 3.63) is 69.2 Å². The van der Waals surface area contributed by atoms with Crippen LogP contribution in [0.5, 0.6) is 0 Å². The summed E-state index contributed by atoms with van der Waals surface area (Å²) in [6.45, 7) is 1.89. The normalized spacial score (nSPS) is 11.0. The topological polar surface area (TPSA) is 121 Å². The summed E-state index contributed by atoms with van der Waals surface area (Å²) in [5.74, 6) is -1.38. The molecular weight excluding hydrogens is 458 g/mol. The number of ketones is 1. The first-order valence-corrected chi connectivity index (χ1v) is 12.3. The number of thiophene rings is 2. The molecule has 0 spiro atoms. The molecule has 2 heterocycles. The van der Waals surface area contributed by atoms with Crippen molar-refractivity contribution in [1.82, 2.24) is 10.9 Å². The van der Waals surface area contributed by atoms with E-state index >= 15 is 0 Å². The molecule has 3 rings (SSSR count). The van der Waals surface area contributed by atoms with Crippen molar-refractivity contribution in [2.45, 2.75) is 24.0 Å². The van der Waals surface area contributed by atoms with Gasteiger partial charge >= 0.3 is 0 Å². The number of nitrogens with one attached hydrogen (secondary N) is 3. The maximum Gasteiger partial charge on any atom is 0.271 e. The third-order valence-corrected chi connectivity index (χ3v) is 7.89. The maximum atomic E-state index is 12.5. The largest absolute Gasteiger partial charge is 0.293 e. The number of anilines is 1. The van der Waals surface area contributed by atoms with E-state index in [1.807, 2.05) is 13.0 Å². The Balaban J connectivity index is 1.57. The van der Waals surface area contributed by atoms with Crippen LogP contribution in [0.15, 0.2) is 58.1 Å². The Hall–Kier alpha value is -3.02. The summed E-state index contributed by atoms with van der Waals surface area (Å²) in [6.07, 6.45) is -0.0818. The smallest absolute Gasteiger partial charge is 0.271 e. The van der Waals surface area contributed by atoms with Gasteiger partial charge < -0.3 is 0 Å². The molecule has 3 N–H and O–H groups in total. The molecule has 0 saturated carbocycles. The molecule has 0 aliphatic rings. The fourth-order valence-corrected chi connectivity index (χ4v) is 5.48. The number of hydrazine groups is 1. The van der Waals surface area contributed by atoms with Crippen LogP contribution in [0.2, 0.25) is 0 Å². The molecule has 0 atom stereocenters. The Bertz CT molecular complexity index is 1200. The number of rotatable bonds is 8. The molecule has 2 aromatic heterocycles. The summed E-state index contributed by atoms with van der Waals surface area (Å²) in [5, 5.41) is 1.63. The number of hydrogen-bond donors (Lipinski definition) is 3. The minimum absolute atomic E-state index is 0.0128. The lowest BCUT2D eigenvalue weighted by Crippen LogP contribution is -2.42. The monoisotopic (exact) mass is 477 g/mol. The second-order valence-corrected chi connectivity index (χ2v) is 10.6. The summed E-state index contributed by atoms with van der Waals surface area (Å²) in [7, 11) is -3.84. The van der Waals surface area contributed by atoms with Crippen LogP contribution < -0.4 is 15.6 Å². The molecule has 8 nitrogen and oxygen atoms in total. The van der Waals surface area contributed by atoms with E-state index in [0.717, 1.165) is 16.2 Å². The lowest BCUT2D eigenvalue weighted by Gasteiger charge is -2.12. The second-order valence-electron chi connectivity index (χ2n) is 6.42. The van der Waals surface area contributed by atoms with E-state index in [0.29, 0.717) is 4.88 Å². The Morgan fingerprint density at radius 2 is 1.71 bits per heavy atom. The van der Waals surface area contributed by atoms with Crippen LogP contribution in [-0.4, -0.2) is 26.0 Å². The number of aryl methyl sites for hydroxylation is 1. The summed E-state index contributed by atoms with van der Waals surface area (Å²) >= 11 is 2.41. The zero-order valence-electron chi connectivity index (χ0n) is 16.4. The van der Waals surface area contributed by atoms with Crippen LogP contribution in [0.1, 0.15) is 37.7 Å². The first kappa shape index (κ1) is 22.7. The first-order valence-electron chi connectivity index (χ1n) is 9.10. The number of sulfonamides is 1. The molecule has 0 fully saturated rings. The zero-order chi connectivity index (χ0) is 22.4. The van der Waals surface area contributed by atoms with E-state index in [9.17, 15) is 22.8 Å². The zero-order valence-corrected chi connectivity index (χ0v) is 18.8. The summed E-state index contributed by atoms with van der Waals surface area (Å²) in [6, 6.07) is 12.6. The SMILES string of the molecule is Cc1ccc(C(=O)CCC(=O)NNC(=O)c2ccccc2NS(=O)(=O)c2cccs2)s1. The third-order valence-electron chi connectivity index (χ3n) is 4.09. The number of hydrogen-bond acceptors (Lipinski definition) is 7. The number of carbonyl (C=O) groups excluding carboxylic acids is 3. The van der Waals surface area contributed by atoms with Crippen molar-refractivity contribution in [3.8, 4) is 0 Å². The summed E-state index contributed by atoms with van der Waals surface area (Å²) in [4.78, 5) is 38.2. The van der Waals surface area contributed by atoms with Crippen LogP contribution in [0, 0.1) is 6.92 Å². The lowest BCUT2D eigenvalue weighted by molar-refractivity contribution is -0.121. The van der Waals surface area contributed by atoms with Crippen molar-refractivity contribution >= 4 is 56.0 Å². The van der Waals surface area contributed by atoms with Gasteiger partial charge in [-0.05, 0) is 42.6 Å². The van der Waals surface area contributed by atoms with Crippen molar-refractivity contribution in [2.75, 3.05) is 4.72 Å². The fraction of sp³-hybridized carbons (Fsp3) is 0.150. The average Bonchev–Trinajstić information content (AvgIpc) is 3.43. The third kappa shape index (κ3) is 6.00. The van der Waals surface area contributed by atoms with Gasteiger partial charge in [0.05, 0.1) is 16.1 Å². The van der Waals surface area contributed by atoms with Crippen molar-refractivity contribution in [3.63, 3.8) is 0 Å². The van der Waals surface area contributed by atoms with E-state index in [1.54, 1.807) is 29.6 Å². The fourth-order valence-electron chi connectivity index (χ4n) is 2.57. The van der Waals surface area contributed by atoms with E-state index in [1.165, 1.54) is 29.5 Å². The molecule has 162 valence electrons. The minimum atomic E-state index is -3.84. The number of carbonyl (C=O) groups is 3. The van der Waals surface area contributed by atoms with Gasteiger partial charge in [-0.15, -0.1) is 22.7 Å². The van der Waals surface area contributed by atoms with E-state index in [-0.39, 0.29) is 34.1 Å². The van der Waals surface area contributed by atoms with E-state index < -0.39 is 21.8 Å². The van der Waals surface area contributed by atoms with Crippen molar-refractivity contribution in [2.24, 2.45) is 0 Å². The van der Waals surface area contributed by atoms with Crippen LogP contribution in [0.25, 0.3) is 0 Å². The highest BCUT2D eigenvalue weighted by Gasteiger charge is 2.20. The molecule has 0 bridgehead atoms. The van der Waals surface area contributed by atoms with Gasteiger partial charge in [0.2, 0.25) is 5.91 Å². The van der Waals surface area contributed by atoms with Crippen molar-refractivity contribution < 1.29 is 22.8 Å². The lowest BCUT2D eigenvalue weighted by atomic mass is 10.2. The Morgan fingerprint density at radius 1 is 0.935 bits per heavy atom. The molecule has 2 amide bonds. The van der Waals surface area contributed by atoms with Crippen LogP contribution in [0.4, 0.5) is 5.69 Å². The quantitative estimate of drug-likeness (QED) is 0.339. The first-order chi connectivity index (χ1) is 14.8. The highest BCUT2D eigenvalue weighted by molar-refractivity contribution is 7.94. The van der Waals surface area contributed by atoms with E-state index in [2.05, 4.69) is 15.6 Å². The highest BCUT2D eigenvalue weighted by atomic mass is 32.2. The Morgan fingerprint density at radius 3 is 2.39 bits per heavy atom. The molecule has 0 saturated heterocycles. The molecule has 31 heavy (non-hydrogen) atoms. The number of Topliss-reactive ketones (excluding diaryl/α,β-unsaturated/α-hetero) is 1. The second kappa shape index (κ2) is 9.86. The van der Waals surface area contributed by atoms with Gasteiger partial charge in [-0.3, -0.25) is 30.0 Å². The molecular formula is C20H19N3O5S3. The van der Waals surface area contributed by atoms with Gasteiger partial charge in [0, 0.05) is 17.7 Å². The average molecular weight is 478 g/mol. The standard InChI is InChI=1S/C20H19N3O5S3/c1-13-8-10-17(30-13)16(24)9-11-18(25)21-22-20(26)14-5-2-3-6-15(14)23-31(27,28)19-7-4-12-29-19/h2-8,10,12,23H,9,11H2,1H3,(H,21,25)(H,22,26). The van der Waals surface area contributed by atoms with Crippen LogP contribution >= 0.6 is 22.7 Å².